The molecule has 51 heavy (non-hydrogen) atoms. The smallest absolute Gasteiger partial charge is 0.160 e. The number of aromatic nitrogens is 3. The topological polar surface area (TPSA) is 38.7 Å². The van der Waals surface area contributed by atoms with Gasteiger partial charge in [0.15, 0.2) is 5.82 Å². The van der Waals surface area contributed by atoms with E-state index in [1.54, 1.807) is 0 Å². The number of hydrogen-bond acceptors (Lipinski definition) is 4. The molecular weight excluding hydrogens is 639 g/mol. The number of fused-ring (bicyclic) bond motifs is 7. The molecule has 0 aliphatic carbocycles. The number of rotatable bonds is 5. The van der Waals surface area contributed by atoms with Gasteiger partial charge in [-0.2, -0.15) is 0 Å². The highest BCUT2D eigenvalue weighted by molar-refractivity contribution is 7.26. The first-order valence-electron chi connectivity index (χ1n) is 17.1. The van der Waals surface area contributed by atoms with Crippen molar-refractivity contribution in [3.63, 3.8) is 0 Å². The lowest BCUT2D eigenvalue weighted by molar-refractivity contribution is 1.18. The average molecular weight is 668 g/mol. The normalized spacial score (nSPS) is 11.5. The molecule has 0 radical (unpaired) electrons. The van der Waals surface area contributed by atoms with Gasteiger partial charge in [0.25, 0.3) is 0 Å². The van der Waals surface area contributed by atoms with Gasteiger partial charge in [-0.15, -0.1) is 11.3 Å². The minimum absolute atomic E-state index is 0.676. The third kappa shape index (κ3) is 5.16. The van der Waals surface area contributed by atoms with E-state index < -0.39 is 0 Å². The maximum atomic E-state index is 5.30. The van der Waals surface area contributed by atoms with Crippen LogP contribution in [0, 0.1) is 0 Å². The van der Waals surface area contributed by atoms with Crippen molar-refractivity contribution < 1.29 is 0 Å². The van der Waals surface area contributed by atoms with Crippen LogP contribution in [0.4, 0.5) is 0 Å². The second-order valence-electron chi connectivity index (χ2n) is 12.8. The zero-order valence-electron chi connectivity index (χ0n) is 27.5. The minimum atomic E-state index is 0.676. The summed E-state index contributed by atoms with van der Waals surface area (Å²) in [6.45, 7) is 0. The summed E-state index contributed by atoms with van der Waals surface area (Å²) >= 11 is 1.86. The summed E-state index contributed by atoms with van der Waals surface area (Å²) in [5.41, 5.74) is 10.1. The fourth-order valence-corrected chi connectivity index (χ4v) is 8.48. The Kier molecular flexibility index (Phi) is 7.00. The predicted molar refractivity (Wildman–Crippen MR) is 215 cm³/mol. The van der Waals surface area contributed by atoms with E-state index in [-0.39, 0.29) is 0 Å². The first-order chi connectivity index (χ1) is 25.3. The van der Waals surface area contributed by atoms with Gasteiger partial charge in [-0.1, -0.05) is 146 Å². The fraction of sp³-hybridized carbons (Fsp3) is 0. The van der Waals surface area contributed by atoms with Crippen molar-refractivity contribution in [1.29, 1.82) is 0 Å². The summed E-state index contributed by atoms with van der Waals surface area (Å²) in [6.07, 6.45) is 0. The van der Waals surface area contributed by atoms with Crippen molar-refractivity contribution in [1.82, 2.24) is 15.0 Å². The molecule has 0 unspecified atom stereocenters. The van der Waals surface area contributed by atoms with Gasteiger partial charge in [-0.05, 0) is 41.5 Å². The van der Waals surface area contributed by atoms with Crippen LogP contribution in [0.5, 0.6) is 0 Å². The second-order valence-corrected chi connectivity index (χ2v) is 13.8. The average Bonchev–Trinajstić information content (AvgIpc) is 3.60. The molecule has 0 amide bonds. The molecule has 0 spiro atoms. The lowest BCUT2D eigenvalue weighted by Crippen LogP contribution is -1.97. The van der Waals surface area contributed by atoms with Gasteiger partial charge in [0.1, 0.15) is 0 Å². The summed E-state index contributed by atoms with van der Waals surface area (Å²) in [4.78, 5) is 15.7. The van der Waals surface area contributed by atoms with Gasteiger partial charge >= 0.3 is 0 Å². The van der Waals surface area contributed by atoms with Crippen LogP contribution in [-0.4, -0.2) is 15.0 Å². The number of pyridine rings is 1. The molecule has 0 aliphatic rings. The Morgan fingerprint density at radius 2 is 0.941 bits per heavy atom. The van der Waals surface area contributed by atoms with Crippen molar-refractivity contribution in [2.24, 2.45) is 0 Å². The van der Waals surface area contributed by atoms with E-state index in [0.717, 1.165) is 55.8 Å². The van der Waals surface area contributed by atoms with Gasteiger partial charge in [-0.3, -0.25) is 0 Å². The Morgan fingerprint density at radius 1 is 0.353 bits per heavy atom. The zero-order valence-corrected chi connectivity index (χ0v) is 28.3. The molecule has 0 saturated carbocycles. The molecular formula is C47H29N3S. The largest absolute Gasteiger partial charge is 0.247 e. The molecule has 3 nitrogen and oxygen atoms in total. The van der Waals surface area contributed by atoms with Crippen LogP contribution in [0.3, 0.4) is 0 Å². The lowest BCUT2D eigenvalue weighted by Gasteiger charge is -2.13. The maximum Gasteiger partial charge on any atom is 0.160 e. The van der Waals surface area contributed by atoms with Crippen LogP contribution in [0.15, 0.2) is 176 Å². The standard InChI is InChI=1S/C47H29N3S/c1-3-13-30(14-4-1)32-17-11-18-33(27-32)42-29-41(31-15-5-2-6-16-31)49-47(50-42)35-20-12-19-34(28-35)45-39-26-25-37-36-21-8-10-24-43(36)51-46(37)44(39)38-22-7-9-23-40(38)48-45/h1-29H. The van der Waals surface area contributed by atoms with Crippen LogP contribution in [0.2, 0.25) is 0 Å². The van der Waals surface area contributed by atoms with E-state index in [4.69, 9.17) is 15.0 Å². The van der Waals surface area contributed by atoms with Crippen LogP contribution in [0.1, 0.15) is 0 Å². The van der Waals surface area contributed by atoms with E-state index in [0.29, 0.717) is 5.82 Å². The number of hydrogen-bond donors (Lipinski definition) is 0. The molecule has 0 fully saturated rings. The Balaban J connectivity index is 1.17. The highest BCUT2D eigenvalue weighted by Gasteiger charge is 2.17. The number of thiophene rings is 1. The van der Waals surface area contributed by atoms with Gasteiger partial charge in [-0.25, -0.2) is 15.0 Å². The zero-order chi connectivity index (χ0) is 33.7. The van der Waals surface area contributed by atoms with Gasteiger partial charge in [0.2, 0.25) is 0 Å². The van der Waals surface area contributed by atoms with Crippen molar-refractivity contribution in [2.45, 2.75) is 0 Å². The van der Waals surface area contributed by atoms with Gasteiger partial charge in [0.05, 0.1) is 22.6 Å². The van der Waals surface area contributed by atoms with Crippen molar-refractivity contribution in [2.75, 3.05) is 0 Å². The minimum Gasteiger partial charge on any atom is -0.247 e. The van der Waals surface area contributed by atoms with E-state index in [2.05, 4.69) is 164 Å². The number of nitrogens with zero attached hydrogens (tertiary/aromatic N) is 3. The van der Waals surface area contributed by atoms with Crippen molar-refractivity contribution in [3.05, 3.63) is 176 Å². The predicted octanol–water partition coefficient (Wildman–Crippen LogP) is 12.9. The number of para-hydroxylation sites is 1. The molecule has 3 heterocycles. The molecule has 0 N–H and O–H groups in total. The fourth-order valence-electron chi connectivity index (χ4n) is 7.21. The SMILES string of the molecule is c1ccc(-c2cccc(-c3cc(-c4ccccc4)nc(-c4cccc(-c5nc6ccccc6c6c5ccc5c7ccccc7sc56)c4)n3)c2)cc1. The summed E-state index contributed by atoms with van der Waals surface area (Å²) in [5.74, 6) is 0.676. The molecule has 10 aromatic rings. The van der Waals surface area contributed by atoms with Crippen LogP contribution in [-0.2, 0) is 0 Å². The molecule has 3 aromatic heterocycles. The highest BCUT2D eigenvalue weighted by Crippen LogP contribution is 2.43. The van der Waals surface area contributed by atoms with E-state index >= 15 is 0 Å². The first-order valence-corrected chi connectivity index (χ1v) is 17.9. The number of benzene rings is 7. The molecule has 0 atom stereocenters. The quantitative estimate of drug-likeness (QED) is 0.171. The van der Waals surface area contributed by atoms with E-state index in [9.17, 15) is 0 Å². The Hall–Kier alpha value is -6.49. The lowest BCUT2D eigenvalue weighted by atomic mass is 9.97. The Morgan fingerprint density at radius 3 is 1.76 bits per heavy atom. The van der Waals surface area contributed by atoms with Crippen LogP contribution in [0.25, 0.3) is 98.1 Å². The summed E-state index contributed by atoms with van der Waals surface area (Å²) in [7, 11) is 0. The highest BCUT2D eigenvalue weighted by atomic mass is 32.1. The summed E-state index contributed by atoms with van der Waals surface area (Å²) in [5, 5.41) is 6.15. The maximum absolute atomic E-state index is 5.30. The molecule has 0 aliphatic heterocycles. The Bertz CT molecular complexity index is 2910. The molecule has 10 rings (SSSR count). The monoisotopic (exact) mass is 667 g/mol. The third-order valence-corrected chi connectivity index (χ3v) is 10.9. The van der Waals surface area contributed by atoms with E-state index in [1.807, 2.05) is 23.5 Å². The molecule has 0 bridgehead atoms. The first kappa shape index (κ1) is 29.4. The summed E-state index contributed by atoms with van der Waals surface area (Å²) in [6, 6.07) is 61.8. The van der Waals surface area contributed by atoms with Gasteiger partial charge in [0, 0.05) is 58.6 Å². The molecule has 7 aromatic carbocycles. The van der Waals surface area contributed by atoms with Crippen molar-refractivity contribution >= 4 is 53.2 Å². The third-order valence-electron chi connectivity index (χ3n) is 9.66. The Labute approximate surface area is 299 Å². The second kappa shape index (κ2) is 12.1. The van der Waals surface area contributed by atoms with E-state index in [1.165, 1.54) is 36.5 Å². The van der Waals surface area contributed by atoms with Crippen molar-refractivity contribution in [3.8, 4) is 56.3 Å². The summed E-state index contributed by atoms with van der Waals surface area (Å²) < 4.78 is 2.59. The van der Waals surface area contributed by atoms with Gasteiger partial charge < -0.3 is 0 Å². The van der Waals surface area contributed by atoms with Crippen LogP contribution >= 0.6 is 11.3 Å². The molecule has 238 valence electrons. The molecule has 0 saturated heterocycles. The van der Waals surface area contributed by atoms with Crippen LogP contribution < -0.4 is 0 Å². The molecule has 4 heteroatoms.